The van der Waals surface area contributed by atoms with Gasteiger partial charge in [-0.25, -0.2) is 9.97 Å². The van der Waals surface area contributed by atoms with Crippen molar-refractivity contribution in [2.45, 2.75) is 44.7 Å². The van der Waals surface area contributed by atoms with Gasteiger partial charge in [-0.15, -0.1) is 0 Å². The fourth-order valence-electron chi connectivity index (χ4n) is 3.73. The Morgan fingerprint density at radius 2 is 2.10 bits per heavy atom. The van der Waals surface area contributed by atoms with Crippen LogP contribution in [0.2, 0.25) is 0 Å². The van der Waals surface area contributed by atoms with Crippen LogP contribution >= 0.6 is 0 Å². The van der Waals surface area contributed by atoms with Crippen LogP contribution in [-0.2, 0) is 19.4 Å². The van der Waals surface area contributed by atoms with Crippen LogP contribution in [0.25, 0.3) is 0 Å². The summed E-state index contributed by atoms with van der Waals surface area (Å²) in [6, 6.07) is 0.627. The molecule has 0 aromatic carbocycles. The predicted molar refractivity (Wildman–Crippen MR) is 81.2 cm³/mol. The zero-order chi connectivity index (χ0) is 14.1. The third-order valence-electron chi connectivity index (χ3n) is 4.93. The Labute approximate surface area is 125 Å². The van der Waals surface area contributed by atoms with E-state index in [9.17, 15) is 0 Å². The lowest BCUT2D eigenvalue weighted by Gasteiger charge is -2.20. The highest BCUT2D eigenvalue weighted by molar-refractivity contribution is 5.17. The van der Waals surface area contributed by atoms with Crippen molar-refractivity contribution in [2.75, 3.05) is 19.6 Å². The Bertz CT molecular complexity index is 586. The molecule has 0 amide bonds. The van der Waals surface area contributed by atoms with Crippen LogP contribution in [0, 0.1) is 0 Å². The quantitative estimate of drug-likeness (QED) is 0.861. The first-order valence-electron chi connectivity index (χ1n) is 8.13. The van der Waals surface area contributed by atoms with Gasteiger partial charge in [0.1, 0.15) is 0 Å². The lowest BCUT2D eigenvalue weighted by molar-refractivity contribution is 0.308. The summed E-state index contributed by atoms with van der Waals surface area (Å²) >= 11 is 0. The Balaban J connectivity index is 1.38. The molecule has 112 valence electrons. The minimum absolute atomic E-state index is 0.627. The molecule has 1 unspecified atom stereocenters. The number of aromatic nitrogens is 4. The van der Waals surface area contributed by atoms with E-state index >= 15 is 0 Å². The second-order valence-corrected chi connectivity index (χ2v) is 6.30. The summed E-state index contributed by atoms with van der Waals surface area (Å²) in [5.41, 5.74) is 2.88. The van der Waals surface area contributed by atoms with Gasteiger partial charge >= 0.3 is 0 Å². The summed E-state index contributed by atoms with van der Waals surface area (Å²) < 4.78 is 4.64. The third-order valence-corrected chi connectivity index (χ3v) is 4.93. The molecule has 4 rings (SSSR count). The van der Waals surface area contributed by atoms with Crippen LogP contribution < -0.4 is 0 Å². The normalized spacial score (nSPS) is 22.6. The lowest BCUT2D eigenvalue weighted by Crippen LogP contribution is -2.26. The third kappa shape index (κ3) is 2.62. The molecule has 21 heavy (non-hydrogen) atoms. The zero-order valence-corrected chi connectivity index (χ0v) is 12.5. The molecule has 1 fully saturated rings. The minimum Gasteiger partial charge on any atom is -0.336 e. The first-order valence-corrected chi connectivity index (χ1v) is 8.13. The molecule has 2 aromatic rings. The first-order chi connectivity index (χ1) is 10.4. The van der Waals surface area contributed by atoms with Crippen molar-refractivity contribution in [1.82, 2.24) is 24.0 Å². The number of aryl methyl sites for hydroxylation is 1. The molecule has 1 atom stereocenters. The number of hydrogen-bond acceptors (Lipinski definition) is 3. The maximum atomic E-state index is 4.65. The van der Waals surface area contributed by atoms with Crippen LogP contribution in [-0.4, -0.2) is 43.6 Å². The molecule has 1 aliphatic heterocycles. The van der Waals surface area contributed by atoms with E-state index in [0.29, 0.717) is 6.04 Å². The van der Waals surface area contributed by atoms with E-state index in [0.717, 1.165) is 19.6 Å². The highest BCUT2D eigenvalue weighted by Gasteiger charge is 2.26. The maximum Gasteiger partial charge on any atom is 0.0954 e. The molecule has 2 aromatic heterocycles. The van der Waals surface area contributed by atoms with Crippen LogP contribution in [0.15, 0.2) is 25.0 Å². The van der Waals surface area contributed by atoms with Crippen molar-refractivity contribution in [3.05, 3.63) is 36.4 Å². The molecule has 3 heterocycles. The van der Waals surface area contributed by atoms with E-state index in [1.807, 2.05) is 18.7 Å². The summed E-state index contributed by atoms with van der Waals surface area (Å²) in [7, 11) is 0. The Morgan fingerprint density at radius 1 is 1.14 bits per heavy atom. The van der Waals surface area contributed by atoms with E-state index in [1.54, 1.807) is 0 Å². The van der Waals surface area contributed by atoms with Gasteiger partial charge in [-0.2, -0.15) is 0 Å². The van der Waals surface area contributed by atoms with Gasteiger partial charge < -0.3 is 9.13 Å². The highest BCUT2D eigenvalue weighted by Crippen LogP contribution is 2.28. The Kier molecular flexibility index (Phi) is 3.51. The van der Waals surface area contributed by atoms with Crippen LogP contribution in [0.5, 0.6) is 0 Å². The van der Waals surface area contributed by atoms with Crippen LogP contribution in [0.1, 0.15) is 36.7 Å². The Morgan fingerprint density at radius 3 is 3.00 bits per heavy atom. The molecule has 1 saturated heterocycles. The van der Waals surface area contributed by atoms with Crippen LogP contribution in [0.4, 0.5) is 0 Å². The molecule has 0 N–H and O–H groups in total. The monoisotopic (exact) mass is 285 g/mol. The second-order valence-electron chi connectivity index (χ2n) is 6.30. The van der Waals surface area contributed by atoms with Gasteiger partial charge in [0.25, 0.3) is 0 Å². The molecular formula is C16H23N5. The SMILES string of the molecule is c1cn(CCN2CCC(n3cnc4c3CCCC4)C2)cn1. The van der Waals surface area contributed by atoms with E-state index in [4.69, 9.17) is 0 Å². The minimum atomic E-state index is 0.627. The molecule has 5 heteroatoms. The maximum absolute atomic E-state index is 4.65. The van der Waals surface area contributed by atoms with E-state index in [-0.39, 0.29) is 0 Å². The van der Waals surface area contributed by atoms with Gasteiger partial charge in [0.05, 0.1) is 18.3 Å². The fraction of sp³-hybridized carbons (Fsp3) is 0.625. The number of imidazole rings is 2. The van der Waals surface area contributed by atoms with Crippen molar-refractivity contribution >= 4 is 0 Å². The smallest absolute Gasteiger partial charge is 0.0954 e. The van der Waals surface area contributed by atoms with Crippen molar-refractivity contribution < 1.29 is 0 Å². The standard InChI is InChI=1S/C16H23N5/c1-2-4-16-15(3-1)18-13-21(16)14-5-7-19(11-14)9-10-20-8-6-17-12-20/h6,8,12-14H,1-5,7,9-11H2. The van der Waals surface area contributed by atoms with Gasteiger partial charge in [-0.05, 0) is 32.1 Å². The summed E-state index contributed by atoms with van der Waals surface area (Å²) in [6.07, 6.45) is 14.2. The van der Waals surface area contributed by atoms with Gasteiger partial charge in [0.2, 0.25) is 0 Å². The molecule has 0 bridgehead atoms. The summed E-state index contributed by atoms with van der Waals surface area (Å²) in [5.74, 6) is 0. The van der Waals surface area contributed by atoms with E-state index in [1.165, 1.54) is 50.0 Å². The largest absolute Gasteiger partial charge is 0.336 e. The molecule has 1 aliphatic carbocycles. The molecule has 5 nitrogen and oxygen atoms in total. The van der Waals surface area contributed by atoms with E-state index in [2.05, 4.69) is 30.3 Å². The van der Waals surface area contributed by atoms with Crippen molar-refractivity contribution in [1.29, 1.82) is 0 Å². The Hall–Kier alpha value is -1.62. The van der Waals surface area contributed by atoms with Gasteiger partial charge in [0.15, 0.2) is 0 Å². The number of nitrogens with zero attached hydrogens (tertiary/aromatic N) is 5. The van der Waals surface area contributed by atoms with Crippen LogP contribution in [0.3, 0.4) is 0 Å². The van der Waals surface area contributed by atoms with Crippen molar-refractivity contribution in [2.24, 2.45) is 0 Å². The molecule has 2 aliphatic rings. The summed E-state index contributed by atoms with van der Waals surface area (Å²) in [5, 5.41) is 0. The molecule has 0 saturated carbocycles. The molecule has 0 radical (unpaired) electrons. The number of rotatable bonds is 4. The number of likely N-dealkylation sites (tertiary alicyclic amines) is 1. The number of fused-ring (bicyclic) bond motifs is 1. The predicted octanol–water partition coefficient (Wildman–Crippen LogP) is 1.91. The summed E-state index contributed by atoms with van der Waals surface area (Å²) in [4.78, 5) is 11.3. The fourth-order valence-corrected chi connectivity index (χ4v) is 3.73. The van der Waals surface area contributed by atoms with E-state index < -0.39 is 0 Å². The van der Waals surface area contributed by atoms with Gasteiger partial charge in [-0.1, -0.05) is 0 Å². The summed E-state index contributed by atoms with van der Waals surface area (Å²) in [6.45, 7) is 4.52. The lowest BCUT2D eigenvalue weighted by atomic mass is 10.0. The van der Waals surface area contributed by atoms with Crippen molar-refractivity contribution in [3.63, 3.8) is 0 Å². The highest BCUT2D eigenvalue weighted by atomic mass is 15.2. The average Bonchev–Trinajstić information content (AvgIpc) is 3.25. The van der Waals surface area contributed by atoms with Crippen molar-refractivity contribution in [3.8, 4) is 0 Å². The first kappa shape index (κ1) is 13.1. The van der Waals surface area contributed by atoms with Gasteiger partial charge in [0, 0.05) is 50.3 Å². The molecule has 0 spiro atoms. The van der Waals surface area contributed by atoms with Gasteiger partial charge in [-0.3, -0.25) is 4.90 Å². The topological polar surface area (TPSA) is 38.9 Å². The average molecular weight is 285 g/mol. The molecular weight excluding hydrogens is 262 g/mol. The number of hydrogen-bond donors (Lipinski definition) is 0. The zero-order valence-electron chi connectivity index (χ0n) is 12.5. The second kappa shape index (κ2) is 5.64.